The number of allylic oxidation sites excluding steroid dienone is 4. The molecule has 2 aliphatic rings. The first-order valence-corrected chi connectivity index (χ1v) is 6.51. The molecule has 0 saturated carbocycles. The molecule has 2 aromatic carbocycles. The van der Waals surface area contributed by atoms with Gasteiger partial charge in [-0.1, -0.05) is 60.7 Å². The third-order valence-electron chi connectivity index (χ3n) is 3.93. The molecule has 0 radical (unpaired) electrons. The van der Waals surface area contributed by atoms with Gasteiger partial charge in [0.25, 0.3) is 0 Å². The van der Waals surface area contributed by atoms with Gasteiger partial charge >= 0.3 is 0 Å². The van der Waals surface area contributed by atoms with E-state index in [-0.39, 0.29) is 0 Å². The smallest absolute Gasteiger partial charge is 0.00135 e. The maximum atomic E-state index is 2.36. The Morgan fingerprint density at radius 3 is 1.67 bits per heavy atom. The highest BCUT2D eigenvalue weighted by Gasteiger charge is 2.22. The van der Waals surface area contributed by atoms with Gasteiger partial charge in [0.2, 0.25) is 0 Å². The van der Waals surface area contributed by atoms with Gasteiger partial charge in [0.15, 0.2) is 0 Å². The molecular weight excluding hydrogens is 216 g/mol. The number of benzene rings is 2. The molecule has 0 heteroatoms. The standard InChI is InChI=1S/C18H14/c1-3-8-15-13(6-1)12-14-7-2-4-9-16(14)18-11-5-10-17(15)18/h1-4,6-11H,5,12H2. The van der Waals surface area contributed by atoms with Gasteiger partial charge in [-0.15, -0.1) is 0 Å². The van der Waals surface area contributed by atoms with Crippen molar-refractivity contribution in [2.75, 3.05) is 0 Å². The summed E-state index contributed by atoms with van der Waals surface area (Å²) in [6.45, 7) is 0. The molecule has 2 aliphatic carbocycles. The van der Waals surface area contributed by atoms with Crippen molar-refractivity contribution in [2.24, 2.45) is 0 Å². The van der Waals surface area contributed by atoms with Gasteiger partial charge in [-0.05, 0) is 46.2 Å². The Labute approximate surface area is 107 Å². The maximum absolute atomic E-state index is 2.36. The summed E-state index contributed by atoms with van der Waals surface area (Å²) in [6, 6.07) is 17.6. The summed E-state index contributed by atoms with van der Waals surface area (Å²) < 4.78 is 0. The third-order valence-corrected chi connectivity index (χ3v) is 3.93. The number of fused-ring (bicyclic) bond motifs is 5. The minimum absolute atomic E-state index is 1.04. The van der Waals surface area contributed by atoms with Crippen molar-refractivity contribution in [2.45, 2.75) is 12.8 Å². The van der Waals surface area contributed by atoms with E-state index >= 15 is 0 Å². The van der Waals surface area contributed by atoms with E-state index in [2.05, 4.69) is 60.7 Å². The van der Waals surface area contributed by atoms with E-state index in [1.54, 1.807) is 0 Å². The molecule has 0 unspecified atom stereocenters. The molecule has 0 aliphatic heterocycles. The zero-order chi connectivity index (χ0) is 11.9. The van der Waals surface area contributed by atoms with Crippen molar-refractivity contribution in [3.8, 4) is 0 Å². The average molecular weight is 230 g/mol. The van der Waals surface area contributed by atoms with Crippen LogP contribution in [-0.4, -0.2) is 0 Å². The van der Waals surface area contributed by atoms with Crippen LogP contribution in [0, 0.1) is 0 Å². The fraction of sp³-hybridized carbons (Fsp3) is 0.111. The van der Waals surface area contributed by atoms with Gasteiger partial charge in [0.05, 0.1) is 0 Å². The van der Waals surface area contributed by atoms with Gasteiger partial charge in [-0.25, -0.2) is 0 Å². The van der Waals surface area contributed by atoms with E-state index in [4.69, 9.17) is 0 Å². The van der Waals surface area contributed by atoms with Gasteiger partial charge in [-0.3, -0.25) is 0 Å². The van der Waals surface area contributed by atoms with E-state index in [1.807, 2.05) is 0 Å². The van der Waals surface area contributed by atoms with E-state index in [1.165, 1.54) is 33.4 Å². The summed E-state index contributed by atoms with van der Waals surface area (Å²) in [5.74, 6) is 0. The van der Waals surface area contributed by atoms with Crippen molar-refractivity contribution in [3.63, 3.8) is 0 Å². The lowest BCUT2D eigenvalue weighted by Gasteiger charge is -2.09. The predicted octanol–water partition coefficient (Wildman–Crippen LogP) is 4.46. The first-order chi connectivity index (χ1) is 8.93. The molecule has 0 atom stereocenters. The summed E-state index contributed by atoms with van der Waals surface area (Å²) in [5, 5.41) is 0. The minimum atomic E-state index is 1.04. The van der Waals surface area contributed by atoms with Gasteiger partial charge < -0.3 is 0 Å². The molecule has 0 N–H and O–H groups in total. The van der Waals surface area contributed by atoms with Gasteiger partial charge in [0, 0.05) is 0 Å². The van der Waals surface area contributed by atoms with Crippen molar-refractivity contribution < 1.29 is 0 Å². The fourth-order valence-electron chi connectivity index (χ4n) is 3.10. The molecule has 0 heterocycles. The molecule has 18 heavy (non-hydrogen) atoms. The summed E-state index contributed by atoms with van der Waals surface area (Å²) in [5.41, 5.74) is 8.57. The lowest BCUT2D eigenvalue weighted by Crippen LogP contribution is -1.91. The maximum Gasteiger partial charge on any atom is -0.00135 e. The van der Waals surface area contributed by atoms with Gasteiger partial charge in [-0.2, -0.15) is 0 Å². The molecule has 0 spiro atoms. The SMILES string of the molecule is C1=C2C(=CC1)c1ccccc1Cc1ccccc12. The molecule has 0 saturated heterocycles. The number of hydrogen-bond donors (Lipinski definition) is 0. The van der Waals surface area contributed by atoms with Crippen LogP contribution in [0.5, 0.6) is 0 Å². The predicted molar refractivity (Wildman–Crippen MR) is 76.3 cm³/mol. The minimum Gasteiger partial charge on any atom is -0.0722 e. The summed E-state index contributed by atoms with van der Waals surface area (Å²) >= 11 is 0. The Kier molecular flexibility index (Phi) is 2.04. The Hall–Kier alpha value is -2.08. The van der Waals surface area contributed by atoms with E-state index < -0.39 is 0 Å². The van der Waals surface area contributed by atoms with Crippen LogP contribution in [0.4, 0.5) is 0 Å². The largest absolute Gasteiger partial charge is 0.0722 e. The van der Waals surface area contributed by atoms with E-state index in [9.17, 15) is 0 Å². The zero-order valence-electron chi connectivity index (χ0n) is 10.2. The summed E-state index contributed by atoms with van der Waals surface area (Å²) in [6.07, 6.45) is 6.82. The molecule has 0 aromatic heterocycles. The van der Waals surface area contributed by atoms with Crippen molar-refractivity contribution in [1.29, 1.82) is 0 Å². The monoisotopic (exact) mass is 230 g/mol. The van der Waals surface area contributed by atoms with Crippen molar-refractivity contribution >= 4 is 11.1 Å². The van der Waals surface area contributed by atoms with Crippen LogP contribution in [0.1, 0.15) is 28.7 Å². The van der Waals surface area contributed by atoms with Crippen LogP contribution >= 0.6 is 0 Å². The number of rotatable bonds is 0. The second-order valence-electron chi connectivity index (χ2n) is 4.96. The molecule has 0 nitrogen and oxygen atoms in total. The first kappa shape index (κ1) is 9.90. The quantitative estimate of drug-likeness (QED) is 0.626. The van der Waals surface area contributed by atoms with Crippen molar-refractivity contribution in [3.05, 3.63) is 82.9 Å². The number of hydrogen-bond acceptors (Lipinski definition) is 0. The Bertz CT molecular complexity index is 627. The third kappa shape index (κ3) is 1.32. The van der Waals surface area contributed by atoms with Crippen molar-refractivity contribution in [1.82, 2.24) is 0 Å². The second-order valence-corrected chi connectivity index (χ2v) is 4.96. The molecule has 0 fully saturated rings. The lowest BCUT2D eigenvalue weighted by molar-refractivity contribution is 1.18. The Morgan fingerprint density at radius 2 is 1.11 bits per heavy atom. The van der Waals surface area contributed by atoms with Gasteiger partial charge in [0.1, 0.15) is 0 Å². The Balaban J connectivity index is 2.05. The molecule has 0 bridgehead atoms. The highest BCUT2D eigenvalue weighted by atomic mass is 14.3. The first-order valence-electron chi connectivity index (χ1n) is 6.51. The molecular formula is C18H14. The van der Waals surface area contributed by atoms with E-state index in [0.717, 1.165) is 12.8 Å². The average Bonchev–Trinajstić information content (AvgIpc) is 2.84. The van der Waals surface area contributed by atoms with Crippen LogP contribution in [0.3, 0.4) is 0 Å². The van der Waals surface area contributed by atoms with Crippen LogP contribution in [0.2, 0.25) is 0 Å². The lowest BCUT2D eigenvalue weighted by atomic mass is 9.95. The zero-order valence-corrected chi connectivity index (χ0v) is 10.2. The van der Waals surface area contributed by atoms with E-state index in [0.29, 0.717) is 0 Å². The molecule has 0 amide bonds. The highest BCUT2D eigenvalue weighted by molar-refractivity contribution is 6.08. The van der Waals surface area contributed by atoms with Crippen LogP contribution in [-0.2, 0) is 6.42 Å². The molecule has 2 aromatic rings. The Morgan fingerprint density at radius 1 is 0.611 bits per heavy atom. The topological polar surface area (TPSA) is 0 Å². The second kappa shape index (κ2) is 3.71. The van der Waals surface area contributed by atoms with Crippen LogP contribution < -0.4 is 0 Å². The fourth-order valence-corrected chi connectivity index (χ4v) is 3.10. The summed E-state index contributed by atoms with van der Waals surface area (Å²) in [4.78, 5) is 0. The van der Waals surface area contributed by atoms with Crippen LogP contribution in [0.25, 0.3) is 11.1 Å². The summed E-state index contributed by atoms with van der Waals surface area (Å²) in [7, 11) is 0. The molecule has 4 rings (SSSR count). The highest BCUT2D eigenvalue weighted by Crippen LogP contribution is 2.42. The van der Waals surface area contributed by atoms with Crippen LogP contribution in [0.15, 0.2) is 60.7 Å². The molecule has 86 valence electrons. The normalized spacial score (nSPS) is 16.0.